The van der Waals surface area contributed by atoms with Gasteiger partial charge in [0.15, 0.2) is 0 Å². The number of rotatable bonds is 6. The van der Waals surface area contributed by atoms with Crippen LogP contribution in [0, 0.1) is 6.92 Å². The number of hydrazone groups is 1. The highest BCUT2D eigenvalue weighted by molar-refractivity contribution is 6.39. The highest BCUT2D eigenvalue weighted by Crippen LogP contribution is 2.36. The van der Waals surface area contributed by atoms with Crippen molar-refractivity contribution >= 4 is 46.4 Å². The van der Waals surface area contributed by atoms with E-state index in [1.165, 1.54) is 6.20 Å². The molecule has 2 aromatic carbocycles. The van der Waals surface area contributed by atoms with Gasteiger partial charge < -0.3 is 9.84 Å². The van der Waals surface area contributed by atoms with Gasteiger partial charge in [-0.05, 0) is 55.8 Å². The highest BCUT2D eigenvalue weighted by Gasteiger charge is 2.24. The summed E-state index contributed by atoms with van der Waals surface area (Å²) in [5.41, 5.74) is 5.55. The maximum Gasteiger partial charge on any atom is 0.277 e. The van der Waals surface area contributed by atoms with E-state index in [1.54, 1.807) is 68.6 Å². The minimum absolute atomic E-state index is 0.175. The number of nitrogens with one attached hydrogen (secondary N) is 2. The molecule has 0 spiro atoms. The standard InChI is InChI=1S/C25H19Cl2N5O3/c1-14(16-6-3-8-18(12-16)29-24(33)17-7-5-11-28-13-17)30-31-25(34)21-15(2)35-32-23(21)22-19(26)9-4-10-20(22)27/h3-13H,1-2H3,(H,29,33)(H,31,34)/b30-14-. The van der Waals surface area contributed by atoms with Gasteiger partial charge in [0.25, 0.3) is 11.8 Å². The first-order chi connectivity index (χ1) is 16.8. The van der Waals surface area contributed by atoms with Crippen molar-refractivity contribution in [3.8, 4) is 11.3 Å². The molecule has 0 atom stereocenters. The number of carbonyl (C=O) groups is 2. The minimum Gasteiger partial charge on any atom is -0.360 e. The fourth-order valence-corrected chi connectivity index (χ4v) is 3.89. The Morgan fingerprint density at radius 3 is 2.40 bits per heavy atom. The third-order valence-corrected chi connectivity index (χ3v) is 5.71. The van der Waals surface area contributed by atoms with Crippen LogP contribution in [-0.2, 0) is 0 Å². The van der Waals surface area contributed by atoms with Gasteiger partial charge in [0.1, 0.15) is 17.0 Å². The summed E-state index contributed by atoms with van der Waals surface area (Å²) in [6.07, 6.45) is 3.08. The third-order valence-electron chi connectivity index (χ3n) is 5.08. The first kappa shape index (κ1) is 24.1. The van der Waals surface area contributed by atoms with Crippen molar-refractivity contribution in [1.29, 1.82) is 0 Å². The van der Waals surface area contributed by atoms with E-state index in [1.807, 2.05) is 6.07 Å². The Hall–Kier alpha value is -4.01. The lowest BCUT2D eigenvalue weighted by Gasteiger charge is -2.08. The summed E-state index contributed by atoms with van der Waals surface area (Å²) in [5.74, 6) is -0.525. The number of pyridine rings is 1. The minimum atomic E-state index is -0.532. The fourth-order valence-electron chi connectivity index (χ4n) is 3.31. The molecule has 0 fully saturated rings. The van der Waals surface area contributed by atoms with E-state index in [2.05, 4.69) is 26.0 Å². The Labute approximate surface area is 211 Å². The first-order valence-corrected chi connectivity index (χ1v) is 11.2. The topological polar surface area (TPSA) is 109 Å². The second-order valence-corrected chi connectivity index (χ2v) is 8.29. The zero-order chi connectivity index (χ0) is 24.9. The Kier molecular flexibility index (Phi) is 7.24. The molecule has 2 amide bonds. The molecule has 2 heterocycles. The lowest BCUT2D eigenvalue weighted by atomic mass is 10.1. The van der Waals surface area contributed by atoms with E-state index in [0.717, 1.165) is 0 Å². The molecule has 0 aliphatic heterocycles. The van der Waals surface area contributed by atoms with Gasteiger partial charge in [0, 0.05) is 23.6 Å². The van der Waals surface area contributed by atoms with Crippen molar-refractivity contribution in [2.45, 2.75) is 13.8 Å². The maximum atomic E-state index is 13.0. The number of benzene rings is 2. The van der Waals surface area contributed by atoms with Crippen LogP contribution in [0.15, 0.2) is 76.6 Å². The van der Waals surface area contributed by atoms with E-state index in [9.17, 15) is 9.59 Å². The highest BCUT2D eigenvalue weighted by atomic mass is 35.5. The first-order valence-electron chi connectivity index (χ1n) is 10.4. The van der Waals surface area contributed by atoms with Crippen molar-refractivity contribution in [3.05, 3.63) is 99.5 Å². The van der Waals surface area contributed by atoms with Crippen LogP contribution in [0.5, 0.6) is 0 Å². The van der Waals surface area contributed by atoms with Gasteiger partial charge in [-0.3, -0.25) is 14.6 Å². The van der Waals surface area contributed by atoms with Gasteiger partial charge in [-0.1, -0.05) is 46.6 Å². The quantitative estimate of drug-likeness (QED) is 0.254. The smallest absolute Gasteiger partial charge is 0.277 e. The van der Waals surface area contributed by atoms with Crippen LogP contribution < -0.4 is 10.7 Å². The summed E-state index contributed by atoms with van der Waals surface area (Å²) in [7, 11) is 0. The summed E-state index contributed by atoms with van der Waals surface area (Å²) >= 11 is 12.6. The molecule has 0 bridgehead atoms. The SMILES string of the molecule is C/C(=N/NC(=O)c1c(-c2c(Cl)cccc2Cl)noc1C)c1cccc(NC(=O)c2cccnc2)c1. The summed E-state index contributed by atoms with van der Waals surface area (Å²) in [4.78, 5) is 29.3. The molecular formula is C25H19Cl2N5O3. The van der Waals surface area contributed by atoms with Gasteiger partial charge in [-0.2, -0.15) is 5.10 Å². The molecule has 0 saturated heterocycles. The Bertz CT molecular complexity index is 1410. The molecule has 0 aliphatic rings. The summed E-state index contributed by atoms with van der Waals surface area (Å²) in [6.45, 7) is 3.34. The average molecular weight is 508 g/mol. The molecule has 35 heavy (non-hydrogen) atoms. The van der Waals surface area contributed by atoms with Gasteiger partial charge in [0.05, 0.1) is 21.3 Å². The van der Waals surface area contributed by atoms with Crippen LogP contribution in [0.2, 0.25) is 10.0 Å². The summed E-state index contributed by atoms with van der Waals surface area (Å²) < 4.78 is 5.24. The molecule has 0 radical (unpaired) electrons. The van der Waals surface area contributed by atoms with E-state index < -0.39 is 5.91 Å². The molecule has 2 aromatic heterocycles. The molecule has 4 aromatic rings. The van der Waals surface area contributed by atoms with Crippen LogP contribution in [-0.4, -0.2) is 27.7 Å². The molecule has 4 rings (SSSR count). The Balaban J connectivity index is 1.53. The van der Waals surface area contributed by atoms with Crippen LogP contribution in [0.4, 0.5) is 5.69 Å². The monoisotopic (exact) mass is 507 g/mol. The normalized spacial score (nSPS) is 11.3. The number of aromatic nitrogens is 2. The van der Waals surface area contributed by atoms with Gasteiger partial charge >= 0.3 is 0 Å². The lowest BCUT2D eigenvalue weighted by Crippen LogP contribution is -2.20. The van der Waals surface area contributed by atoms with Crippen molar-refractivity contribution in [2.24, 2.45) is 5.10 Å². The molecule has 2 N–H and O–H groups in total. The predicted molar refractivity (Wildman–Crippen MR) is 135 cm³/mol. The molecule has 8 nitrogen and oxygen atoms in total. The number of hydrogen-bond acceptors (Lipinski definition) is 6. The number of carbonyl (C=O) groups excluding carboxylic acids is 2. The van der Waals surface area contributed by atoms with Crippen LogP contribution in [0.3, 0.4) is 0 Å². The second-order valence-electron chi connectivity index (χ2n) is 7.47. The van der Waals surface area contributed by atoms with Crippen molar-refractivity contribution in [2.75, 3.05) is 5.32 Å². The zero-order valence-corrected chi connectivity index (χ0v) is 20.2. The van der Waals surface area contributed by atoms with Crippen molar-refractivity contribution in [3.63, 3.8) is 0 Å². The zero-order valence-electron chi connectivity index (χ0n) is 18.7. The molecule has 0 unspecified atom stereocenters. The van der Waals surface area contributed by atoms with Crippen LogP contribution in [0.25, 0.3) is 11.3 Å². The van der Waals surface area contributed by atoms with Gasteiger partial charge in [0.2, 0.25) is 0 Å². The lowest BCUT2D eigenvalue weighted by molar-refractivity contribution is 0.0953. The molecule has 176 valence electrons. The summed E-state index contributed by atoms with van der Waals surface area (Å²) in [6, 6.07) is 15.4. The molecular weight excluding hydrogens is 489 g/mol. The Morgan fingerprint density at radius 1 is 0.971 bits per heavy atom. The molecule has 10 heteroatoms. The summed E-state index contributed by atoms with van der Waals surface area (Å²) in [5, 5.41) is 11.7. The van der Waals surface area contributed by atoms with Crippen LogP contribution in [0.1, 0.15) is 39.0 Å². The van der Waals surface area contributed by atoms with E-state index in [4.69, 9.17) is 27.7 Å². The van der Waals surface area contributed by atoms with Gasteiger partial charge in [-0.25, -0.2) is 5.43 Å². The van der Waals surface area contributed by atoms with E-state index in [0.29, 0.717) is 43.9 Å². The third kappa shape index (κ3) is 5.40. The fraction of sp³-hybridized carbons (Fsp3) is 0.0800. The second kappa shape index (κ2) is 10.5. The van der Waals surface area contributed by atoms with Crippen molar-refractivity contribution in [1.82, 2.24) is 15.6 Å². The van der Waals surface area contributed by atoms with Crippen LogP contribution >= 0.6 is 23.2 Å². The number of hydrogen-bond donors (Lipinski definition) is 2. The number of nitrogens with zero attached hydrogens (tertiary/aromatic N) is 3. The van der Waals surface area contributed by atoms with Gasteiger partial charge in [-0.15, -0.1) is 0 Å². The predicted octanol–water partition coefficient (Wildman–Crippen LogP) is 5.76. The number of anilines is 1. The number of aryl methyl sites for hydroxylation is 1. The number of halogens is 2. The largest absolute Gasteiger partial charge is 0.360 e. The van der Waals surface area contributed by atoms with E-state index in [-0.39, 0.29) is 17.2 Å². The van der Waals surface area contributed by atoms with E-state index >= 15 is 0 Å². The molecule has 0 aliphatic carbocycles. The van der Waals surface area contributed by atoms with Crippen molar-refractivity contribution < 1.29 is 14.1 Å². The number of amides is 2. The maximum absolute atomic E-state index is 13.0. The molecule has 0 saturated carbocycles. The average Bonchev–Trinajstić information content (AvgIpc) is 3.23. The Morgan fingerprint density at radius 2 is 1.69 bits per heavy atom.